The summed E-state index contributed by atoms with van der Waals surface area (Å²) in [6.45, 7) is 13.5. The van der Waals surface area contributed by atoms with E-state index in [1.165, 1.54) is 89.7 Å². The van der Waals surface area contributed by atoms with E-state index in [-0.39, 0.29) is 6.09 Å². The molecule has 0 unspecified atom stereocenters. The van der Waals surface area contributed by atoms with Crippen LogP contribution in [0.15, 0.2) is 109 Å². The highest BCUT2D eigenvalue weighted by Crippen LogP contribution is 2.37. The Bertz CT molecular complexity index is 2740. The Kier molecular flexibility index (Phi) is 19.9. The molecule has 69 heavy (non-hydrogen) atoms. The van der Waals surface area contributed by atoms with Gasteiger partial charge in [-0.2, -0.15) is 0 Å². The number of carbonyl (C=O) groups is 1. The fraction of sp³-hybridized carbons (Fsp3) is 0.339. The second-order valence-electron chi connectivity index (χ2n) is 17.8. The second kappa shape index (κ2) is 27.1. The number of anilines is 2. The van der Waals surface area contributed by atoms with Crippen LogP contribution < -0.4 is 15.1 Å². The van der Waals surface area contributed by atoms with Gasteiger partial charge in [0.25, 0.3) is 0 Å². The third-order valence-corrected chi connectivity index (χ3v) is 14.5. The number of ether oxygens (including phenoxy) is 1. The predicted molar refractivity (Wildman–Crippen MR) is 299 cm³/mol. The molecule has 2 heterocycles. The summed E-state index contributed by atoms with van der Waals surface area (Å²) in [5, 5.41) is 2.80. The van der Waals surface area contributed by atoms with Crippen molar-refractivity contribution in [2.45, 2.75) is 98.3 Å². The number of likely N-dealkylation sites (N-methyl/N-ethyl adjacent to an activating group) is 1. The molecule has 1 N–H and O–H groups in total. The van der Waals surface area contributed by atoms with Crippen molar-refractivity contribution in [3.05, 3.63) is 162 Å². The lowest BCUT2D eigenvalue weighted by molar-refractivity contribution is 0.148. The second-order valence-corrected chi connectivity index (χ2v) is 20.0. The molecule has 0 bridgehead atoms. The Balaban J connectivity index is 0.890. The SMILES string of the molecule is CCCCCCN(CCCCCC)c1ccc(/C=C/c2ccc(C#Cc3ccc4c(c3)Cc3cc(C#Cc5ccc(/C=C/c6ccc(N(CC)CCOC(=O)NCCCC)cc6)s5)ccc3-4)s2)cc1. The Morgan fingerprint density at radius 1 is 0.551 bits per heavy atom. The third kappa shape index (κ3) is 15.6. The number of fused-ring (bicyclic) bond motifs is 3. The fourth-order valence-electron chi connectivity index (χ4n) is 8.57. The number of amides is 1. The van der Waals surface area contributed by atoms with Gasteiger partial charge in [0.05, 0.1) is 16.3 Å². The number of carbonyl (C=O) groups excluding carboxylic acids is 1. The quantitative estimate of drug-likeness (QED) is 0.0513. The van der Waals surface area contributed by atoms with Crippen LogP contribution in [0.3, 0.4) is 0 Å². The van der Waals surface area contributed by atoms with Crippen LogP contribution in [0.4, 0.5) is 16.2 Å². The van der Waals surface area contributed by atoms with Crippen LogP contribution in [0, 0.1) is 23.7 Å². The molecule has 4 aromatic carbocycles. The van der Waals surface area contributed by atoms with Crippen LogP contribution >= 0.6 is 22.7 Å². The molecule has 356 valence electrons. The third-order valence-electron chi connectivity index (χ3n) is 12.5. The van der Waals surface area contributed by atoms with E-state index in [1.807, 2.05) is 0 Å². The van der Waals surface area contributed by atoms with Gasteiger partial charge in [0.2, 0.25) is 0 Å². The molecule has 1 aliphatic carbocycles. The van der Waals surface area contributed by atoms with E-state index in [2.05, 4.69) is 200 Å². The van der Waals surface area contributed by atoms with E-state index in [9.17, 15) is 4.79 Å². The molecule has 0 saturated carbocycles. The molecule has 0 spiro atoms. The number of benzene rings is 4. The average molecular weight is 952 g/mol. The van der Waals surface area contributed by atoms with E-state index < -0.39 is 0 Å². The van der Waals surface area contributed by atoms with Crippen molar-refractivity contribution >= 4 is 64.4 Å². The zero-order valence-corrected chi connectivity index (χ0v) is 42.9. The summed E-state index contributed by atoms with van der Waals surface area (Å²) >= 11 is 3.43. The van der Waals surface area contributed by atoms with Gasteiger partial charge in [-0.25, -0.2) is 4.79 Å². The van der Waals surface area contributed by atoms with Gasteiger partial charge < -0.3 is 19.9 Å². The molecule has 0 aliphatic heterocycles. The van der Waals surface area contributed by atoms with E-state index >= 15 is 0 Å². The van der Waals surface area contributed by atoms with Crippen LogP contribution in [-0.2, 0) is 11.2 Å². The molecule has 0 saturated heterocycles. The molecule has 7 heteroatoms. The molecule has 2 aromatic heterocycles. The molecule has 0 atom stereocenters. The minimum absolute atomic E-state index is 0.345. The van der Waals surface area contributed by atoms with Gasteiger partial charge in [0.1, 0.15) is 6.61 Å². The first-order valence-corrected chi connectivity index (χ1v) is 27.0. The van der Waals surface area contributed by atoms with Gasteiger partial charge in [-0.3, -0.25) is 0 Å². The molecule has 7 rings (SSSR count). The molecular weight excluding hydrogens is 883 g/mol. The Hall–Kier alpha value is -6.25. The van der Waals surface area contributed by atoms with Crippen LogP contribution in [0.5, 0.6) is 0 Å². The number of rotatable bonds is 23. The maximum atomic E-state index is 11.9. The predicted octanol–water partition coefficient (Wildman–Crippen LogP) is 15.8. The maximum absolute atomic E-state index is 11.9. The van der Waals surface area contributed by atoms with Crippen molar-refractivity contribution in [2.75, 3.05) is 49.1 Å². The van der Waals surface area contributed by atoms with Crippen molar-refractivity contribution in [1.82, 2.24) is 5.32 Å². The molecule has 1 aliphatic rings. The van der Waals surface area contributed by atoms with E-state index in [0.717, 1.165) is 75.9 Å². The van der Waals surface area contributed by atoms with Crippen molar-refractivity contribution in [3.8, 4) is 34.8 Å². The standard InChI is InChI=1S/C62H69N3O2S2/c1-5-9-12-14-41-65(42-15-13-10-6-2)55-28-18-49(19-29-55)21-31-57-35-37-59(69-57)33-23-51-25-39-61-53(46-51)47-52-45-50(24-38-60(52)61)22-32-58-36-34-56(68-58)30-20-48-16-26-54(27-17-48)64(8-4)43-44-67-62(66)63-40-11-7-3/h16-21,24-31,34-39,45-46H,5-15,40-44,47H2,1-4H3,(H,63,66)/b30-20+,31-21+. The lowest BCUT2D eigenvalue weighted by atomic mass is 10.0. The molecule has 0 radical (unpaired) electrons. The summed E-state index contributed by atoms with van der Waals surface area (Å²) in [4.78, 5) is 21.2. The van der Waals surface area contributed by atoms with Crippen molar-refractivity contribution in [3.63, 3.8) is 0 Å². The Morgan fingerprint density at radius 2 is 1.06 bits per heavy atom. The number of unbranched alkanes of at least 4 members (excludes halogenated alkanes) is 7. The number of nitrogens with zero attached hydrogens (tertiary/aromatic N) is 2. The lowest BCUT2D eigenvalue weighted by Crippen LogP contribution is -2.31. The Labute approximate surface area is 421 Å². The van der Waals surface area contributed by atoms with Gasteiger partial charge in [-0.05, 0) is 151 Å². The monoisotopic (exact) mass is 951 g/mol. The summed E-state index contributed by atoms with van der Waals surface area (Å²) in [5.41, 5.74) is 12.1. The van der Waals surface area contributed by atoms with Crippen LogP contribution in [0.2, 0.25) is 0 Å². The summed E-state index contributed by atoms with van der Waals surface area (Å²) in [5.74, 6) is 13.7. The fourth-order valence-corrected chi connectivity index (χ4v) is 10.1. The number of hydrogen-bond donors (Lipinski definition) is 1. The van der Waals surface area contributed by atoms with E-state index in [1.54, 1.807) is 22.7 Å². The average Bonchev–Trinajstić information content (AvgIpc) is 4.13. The smallest absolute Gasteiger partial charge is 0.407 e. The zero-order chi connectivity index (χ0) is 48.0. The van der Waals surface area contributed by atoms with Crippen molar-refractivity contribution < 1.29 is 9.53 Å². The first-order valence-electron chi connectivity index (χ1n) is 25.4. The highest BCUT2D eigenvalue weighted by molar-refractivity contribution is 7.13. The number of nitrogens with one attached hydrogen (secondary N) is 1. The van der Waals surface area contributed by atoms with E-state index in [4.69, 9.17) is 4.74 Å². The highest BCUT2D eigenvalue weighted by atomic mass is 32.1. The number of thiophene rings is 2. The molecule has 0 fully saturated rings. The number of alkyl carbamates (subject to hydrolysis) is 1. The highest BCUT2D eigenvalue weighted by Gasteiger charge is 2.19. The normalized spacial score (nSPS) is 11.5. The van der Waals surface area contributed by atoms with Crippen molar-refractivity contribution in [2.24, 2.45) is 0 Å². The number of hydrogen-bond acceptors (Lipinski definition) is 6. The molecule has 1 amide bonds. The first kappa shape index (κ1) is 50.6. The summed E-state index contributed by atoms with van der Waals surface area (Å²) in [7, 11) is 0. The first-order chi connectivity index (χ1) is 33.9. The van der Waals surface area contributed by atoms with Crippen LogP contribution in [0.25, 0.3) is 35.4 Å². The summed E-state index contributed by atoms with van der Waals surface area (Å²) < 4.78 is 5.36. The topological polar surface area (TPSA) is 44.8 Å². The van der Waals surface area contributed by atoms with Gasteiger partial charge in [-0.15, -0.1) is 22.7 Å². The van der Waals surface area contributed by atoms with Crippen molar-refractivity contribution in [1.29, 1.82) is 0 Å². The maximum Gasteiger partial charge on any atom is 0.407 e. The van der Waals surface area contributed by atoms with Crippen LogP contribution in [-0.4, -0.2) is 45.4 Å². The van der Waals surface area contributed by atoms with Crippen LogP contribution in [0.1, 0.15) is 145 Å². The largest absolute Gasteiger partial charge is 0.448 e. The summed E-state index contributed by atoms with van der Waals surface area (Å²) in [6.07, 6.45) is 21.6. The van der Waals surface area contributed by atoms with Gasteiger partial charge >= 0.3 is 6.09 Å². The Morgan fingerprint density at radius 3 is 1.55 bits per heavy atom. The zero-order valence-electron chi connectivity index (χ0n) is 41.2. The van der Waals surface area contributed by atoms with Gasteiger partial charge in [-0.1, -0.05) is 138 Å². The lowest BCUT2D eigenvalue weighted by Gasteiger charge is -2.25. The summed E-state index contributed by atoms with van der Waals surface area (Å²) in [6, 6.07) is 39.4. The van der Waals surface area contributed by atoms with Gasteiger partial charge in [0, 0.05) is 58.4 Å². The van der Waals surface area contributed by atoms with Gasteiger partial charge in [0.15, 0.2) is 0 Å². The molecule has 5 nitrogen and oxygen atoms in total. The minimum Gasteiger partial charge on any atom is -0.448 e. The van der Waals surface area contributed by atoms with E-state index in [0.29, 0.717) is 19.7 Å². The molecular formula is C62H69N3O2S2. The molecule has 6 aromatic rings. The minimum atomic E-state index is -0.345.